The van der Waals surface area contributed by atoms with Crippen molar-refractivity contribution in [3.8, 4) is 11.5 Å². The van der Waals surface area contributed by atoms with E-state index in [-0.39, 0.29) is 0 Å². The van der Waals surface area contributed by atoms with E-state index in [4.69, 9.17) is 9.47 Å². The molecule has 0 saturated heterocycles. The fourth-order valence-corrected chi connectivity index (χ4v) is 3.21. The van der Waals surface area contributed by atoms with Gasteiger partial charge in [-0.1, -0.05) is 0 Å². The molecule has 0 spiro atoms. The molecular weight excluding hydrogens is 255 g/mol. The Balaban J connectivity index is 1.73. The normalized spacial score (nSPS) is 19.1. The summed E-state index contributed by atoms with van der Waals surface area (Å²) in [5.74, 6) is 1.99. The van der Waals surface area contributed by atoms with Crippen LogP contribution in [0.3, 0.4) is 0 Å². The van der Waals surface area contributed by atoms with Gasteiger partial charge in [0.15, 0.2) is 0 Å². The average molecular weight is 273 g/mol. The first-order valence-electron chi connectivity index (χ1n) is 5.75. The number of fused-ring (bicyclic) bond motifs is 1. The summed E-state index contributed by atoms with van der Waals surface area (Å²) in [5, 5.41) is 0. The van der Waals surface area contributed by atoms with Crippen LogP contribution in [0.4, 0.5) is 0 Å². The van der Waals surface area contributed by atoms with Crippen molar-refractivity contribution in [2.75, 3.05) is 6.61 Å². The molecule has 0 bridgehead atoms. The Hall–Kier alpha value is -0.401. The van der Waals surface area contributed by atoms with E-state index in [9.17, 15) is 0 Å². The fourth-order valence-electron chi connectivity index (χ4n) is 1.80. The Morgan fingerprint density at radius 2 is 2.13 bits per heavy atom. The molecule has 0 amide bonds. The first kappa shape index (κ1) is 11.1. The Morgan fingerprint density at radius 3 is 3.00 bits per heavy atom. The van der Waals surface area contributed by atoms with Gasteiger partial charge in [-0.05, 0) is 0 Å². The average Bonchev–Trinajstić information content (AvgIpc) is 2.71. The molecule has 1 aromatic rings. The molecule has 0 fully saturated rings. The van der Waals surface area contributed by atoms with Gasteiger partial charge in [0.2, 0.25) is 0 Å². The second-order valence-electron chi connectivity index (χ2n) is 4.00. The Bertz CT molecular complexity index is 296. The van der Waals surface area contributed by atoms with Crippen LogP contribution >= 0.6 is 0 Å². The number of rotatable bonds is 5. The van der Waals surface area contributed by atoms with Crippen LogP contribution in [0.2, 0.25) is 0 Å². The summed E-state index contributed by atoms with van der Waals surface area (Å²) in [4.78, 5) is 4.32. The van der Waals surface area contributed by atoms with E-state index in [0.717, 1.165) is 24.5 Å². The van der Waals surface area contributed by atoms with E-state index in [1.165, 1.54) is 25.7 Å². The van der Waals surface area contributed by atoms with Crippen molar-refractivity contribution in [3.63, 3.8) is 0 Å². The van der Waals surface area contributed by atoms with Gasteiger partial charge in [0.1, 0.15) is 0 Å². The zero-order valence-electron chi connectivity index (χ0n) is 9.20. The summed E-state index contributed by atoms with van der Waals surface area (Å²) in [6.45, 7) is 2.98. The molecule has 0 aromatic carbocycles. The monoisotopic (exact) mass is 274 g/mol. The van der Waals surface area contributed by atoms with Gasteiger partial charge in [-0.3, -0.25) is 0 Å². The number of unbranched alkanes of at least 4 members (excludes halogenated alkanes) is 3. The minimum absolute atomic E-state index is 0.291. The Morgan fingerprint density at radius 1 is 1.27 bits per heavy atom. The standard InChI is InChI=1S/C12H18O2Se/c1-2-3-4-5-6-10-7-13-11-8-15-9-12(11)14-10/h8-10H,2-7H2,1H3/t10-/m1/s1. The number of hydrogen-bond acceptors (Lipinski definition) is 2. The molecule has 0 saturated carbocycles. The molecule has 2 rings (SSSR count). The van der Waals surface area contributed by atoms with Crippen LogP contribution < -0.4 is 9.47 Å². The Kier molecular flexibility index (Phi) is 4.16. The predicted molar refractivity (Wildman–Crippen MR) is 62.1 cm³/mol. The van der Waals surface area contributed by atoms with Crippen molar-refractivity contribution in [2.24, 2.45) is 0 Å². The zero-order chi connectivity index (χ0) is 10.5. The second kappa shape index (κ2) is 5.62. The van der Waals surface area contributed by atoms with Crippen LogP contribution in [0, 0.1) is 0 Å². The quantitative estimate of drug-likeness (QED) is 0.606. The van der Waals surface area contributed by atoms with Crippen molar-refractivity contribution >= 4 is 14.5 Å². The third-order valence-electron chi connectivity index (χ3n) is 2.69. The van der Waals surface area contributed by atoms with E-state index >= 15 is 0 Å². The minimum atomic E-state index is 0.291. The molecule has 0 unspecified atom stereocenters. The summed E-state index contributed by atoms with van der Waals surface area (Å²) in [7, 11) is 0. The molecule has 84 valence electrons. The van der Waals surface area contributed by atoms with Gasteiger partial charge in [0, 0.05) is 0 Å². The third-order valence-corrected chi connectivity index (χ3v) is 4.16. The molecule has 1 aliphatic rings. The summed E-state index contributed by atoms with van der Waals surface area (Å²) in [6.07, 6.45) is 6.64. The first-order valence-corrected chi connectivity index (χ1v) is 7.73. The SMILES string of the molecule is CCCCCC[C@@H]1COc2c[se]cc2O1. The van der Waals surface area contributed by atoms with Crippen LogP contribution in [0.1, 0.15) is 39.0 Å². The maximum absolute atomic E-state index is 5.87. The summed E-state index contributed by atoms with van der Waals surface area (Å²) in [6, 6.07) is 0. The van der Waals surface area contributed by atoms with Crippen molar-refractivity contribution in [1.29, 1.82) is 0 Å². The van der Waals surface area contributed by atoms with Gasteiger partial charge in [0.25, 0.3) is 0 Å². The maximum atomic E-state index is 5.87. The molecule has 1 aromatic heterocycles. The van der Waals surface area contributed by atoms with Crippen molar-refractivity contribution in [2.45, 2.75) is 45.1 Å². The van der Waals surface area contributed by atoms with Crippen molar-refractivity contribution < 1.29 is 9.47 Å². The zero-order valence-corrected chi connectivity index (χ0v) is 10.9. The van der Waals surface area contributed by atoms with Gasteiger partial charge in [-0.2, -0.15) is 0 Å². The second-order valence-corrected chi connectivity index (χ2v) is 5.56. The molecule has 1 atom stereocenters. The van der Waals surface area contributed by atoms with Gasteiger partial charge < -0.3 is 0 Å². The van der Waals surface area contributed by atoms with Gasteiger partial charge in [-0.25, -0.2) is 0 Å². The molecule has 0 aliphatic carbocycles. The van der Waals surface area contributed by atoms with Crippen molar-refractivity contribution in [3.05, 3.63) is 9.88 Å². The fraction of sp³-hybridized carbons (Fsp3) is 0.667. The molecule has 2 nitrogen and oxygen atoms in total. The summed E-state index contributed by atoms with van der Waals surface area (Å²) >= 11 is 0.460. The van der Waals surface area contributed by atoms with Crippen LogP contribution in [-0.4, -0.2) is 27.2 Å². The van der Waals surface area contributed by atoms with Gasteiger partial charge in [-0.15, -0.1) is 0 Å². The Labute approximate surface area is 97.3 Å². The summed E-state index contributed by atoms with van der Waals surface area (Å²) < 4.78 is 11.5. The molecule has 2 heterocycles. The number of ether oxygens (including phenoxy) is 2. The van der Waals surface area contributed by atoms with Crippen molar-refractivity contribution in [1.82, 2.24) is 0 Å². The molecule has 0 N–H and O–H groups in total. The van der Waals surface area contributed by atoms with E-state index in [2.05, 4.69) is 16.8 Å². The summed E-state index contributed by atoms with van der Waals surface area (Å²) in [5.41, 5.74) is 0. The third kappa shape index (κ3) is 3.02. The van der Waals surface area contributed by atoms with E-state index in [1.54, 1.807) is 0 Å². The van der Waals surface area contributed by atoms with E-state index in [1.807, 2.05) is 0 Å². The molecular formula is C12H18O2Se. The first-order chi connectivity index (χ1) is 7.40. The van der Waals surface area contributed by atoms with Crippen LogP contribution in [0.15, 0.2) is 9.88 Å². The predicted octanol–water partition coefficient (Wildman–Crippen LogP) is 2.85. The van der Waals surface area contributed by atoms with E-state index in [0.29, 0.717) is 20.6 Å². The molecule has 0 radical (unpaired) electrons. The number of hydrogen-bond donors (Lipinski definition) is 0. The molecule has 1 aliphatic heterocycles. The van der Waals surface area contributed by atoms with Crippen LogP contribution in [0.5, 0.6) is 11.5 Å². The molecule has 15 heavy (non-hydrogen) atoms. The van der Waals surface area contributed by atoms with Gasteiger partial charge >= 0.3 is 97.1 Å². The van der Waals surface area contributed by atoms with Gasteiger partial charge in [0.05, 0.1) is 0 Å². The van der Waals surface area contributed by atoms with E-state index < -0.39 is 0 Å². The topological polar surface area (TPSA) is 18.5 Å². The van der Waals surface area contributed by atoms with Crippen LogP contribution in [-0.2, 0) is 0 Å². The molecule has 3 heteroatoms. The van der Waals surface area contributed by atoms with Crippen LogP contribution in [0.25, 0.3) is 0 Å².